The Morgan fingerprint density at radius 3 is 2.61 bits per heavy atom. The van der Waals surface area contributed by atoms with Crippen LogP contribution in [0.25, 0.3) is 0 Å². The van der Waals surface area contributed by atoms with Gasteiger partial charge in [0.05, 0.1) is 17.1 Å². The maximum atomic E-state index is 12.7. The molecule has 0 aliphatic carbocycles. The Morgan fingerprint density at radius 1 is 1.32 bits per heavy atom. The molecule has 28 heavy (non-hydrogen) atoms. The molecular formula is C18H19BrN4O3S2. The SMILES string of the molecule is Cc1sc(C(=O)NC(CNS(=O)(=O)c2cnn(C)c2)c2ccccc2)cc1Br. The van der Waals surface area contributed by atoms with E-state index in [-0.39, 0.29) is 17.3 Å². The topological polar surface area (TPSA) is 93.1 Å². The lowest BCUT2D eigenvalue weighted by atomic mass is 10.1. The molecule has 0 spiro atoms. The molecule has 1 unspecified atom stereocenters. The predicted octanol–water partition coefficient (Wildman–Crippen LogP) is 3.00. The van der Waals surface area contributed by atoms with Gasteiger partial charge in [-0.25, -0.2) is 13.1 Å². The predicted molar refractivity (Wildman–Crippen MR) is 112 cm³/mol. The molecule has 1 amide bonds. The fraction of sp³-hybridized carbons (Fsp3) is 0.222. The van der Waals surface area contributed by atoms with Crippen molar-refractivity contribution in [2.75, 3.05) is 6.54 Å². The first-order chi connectivity index (χ1) is 13.3. The molecule has 3 rings (SSSR count). The fourth-order valence-electron chi connectivity index (χ4n) is 2.55. The van der Waals surface area contributed by atoms with Crippen molar-refractivity contribution < 1.29 is 13.2 Å². The van der Waals surface area contributed by atoms with E-state index >= 15 is 0 Å². The molecule has 2 N–H and O–H groups in total. The van der Waals surface area contributed by atoms with Crippen molar-refractivity contribution in [1.82, 2.24) is 19.8 Å². The van der Waals surface area contributed by atoms with Crippen LogP contribution in [0, 0.1) is 6.92 Å². The van der Waals surface area contributed by atoms with Crippen molar-refractivity contribution in [2.24, 2.45) is 7.05 Å². The Morgan fingerprint density at radius 2 is 2.04 bits per heavy atom. The average Bonchev–Trinajstić information content (AvgIpc) is 3.25. The summed E-state index contributed by atoms with van der Waals surface area (Å²) in [7, 11) is -2.09. The van der Waals surface area contributed by atoms with Gasteiger partial charge in [0.2, 0.25) is 10.0 Å². The first-order valence-corrected chi connectivity index (χ1v) is 11.5. The smallest absolute Gasteiger partial charge is 0.261 e. The second kappa shape index (κ2) is 8.56. The van der Waals surface area contributed by atoms with E-state index in [4.69, 9.17) is 0 Å². The summed E-state index contributed by atoms with van der Waals surface area (Å²) in [6, 6.07) is 10.5. The molecule has 2 heterocycles. The molecule has 1 aromatic carbocycles. The third-order valence-corrected chi connectivity index (χ3v) is 7.57. The van der Waals surface area contributed by atoms with E-state index in [1.807, 2.05) is 37.3 Å². The summed E-state index contributed by atoms with van der Waals surface area (Å²) in [5, 5.41) is 6.81. The summed E-state index contributed by atoms with van der Waals surface area (Å²) < 4.78 is 29.9. The van der Waals surface area contributed by atoms with Crippen LogP contribution in [0.4, 0.5) is 0 Å². The summed E-state index contributed by atoms with van der Waals surface area (Å²) >= 11 is 4.79. The molecule has 10 heteroatoms. The molecule has 2 aromatic heterocycles. The summed E-state index contributed by atoms with van der Waals surface area (Å²) in [4.78, 5) is 14.3. The third kappa shape index (κ3) is 4.88. The van der Waals surface area contributed by atoms with Crippen LogP contribution in [-0.2, 0) is 17.1 Å². The number of carbonyl (C=O) groups is 1. The Kier molecular flexibility index (Phi) is 6.33. The maximum Gasteiger partial charge on any atom is 0.261 e. The molecule has 0 fully saturated rings. The molecule has 0 bridgehead atoms. The van der Waals surface area contributed by atoms with Crippen LogP contribution in [0.5, 0.6) is 0 Å². The van der Waals surface area contributed by atoms with Crippen LogP contribution in [0.15, 0.2) is 58.2 Å². The Hall–Kier alpha value is -2.01. The first-order valence-electron chi connectivity index (χ1n) is 8.36. The number of nitrogens with one attached hydrogen (secondary N) is 2. The summed E-state index contributed by atoms with van der Waals surface area (Å²) in [6.07, 6.45) is 2.70. The minimum Gasteiger partial charge on any atom is -0.343 e. The molecule has 0 radical (unpaired) electrons. The van der Waals surface area contributed by atoms with Gasteiger partial charge >= 0.3 is 0 Å². The monoisotopic (exact) mass is 482 g/mol. The first kappa shape index (κ1) is 20.7. The van der Waals surface area contributed by atoms with Crippen LogP contribution in [-0.4, -0.2) is 30.7 Å². The summed E-state index contributed by atoms with van der Waals surface area (Å²) in [5.41, 5.74) is 0.803. The van der Waals surface area contributed by atoms with E-state index in [2.05, 4.69) is 31.1 Å². The van der Waals surface area contributed by atoms with Gasteiger partial charge in [-0.1, -0.05) is 30.3 Å². The summed E-state index contributed by atoms with van der Waals surface area (Å²) in [6.45, 7) is 1.93. The maximum absolute atomic E-state index is 12.7. The quantitative estimate of drug-likeness (QED) is 0.541. The van der Waals surface area contributed by atoms with Gasteiger partial charge in [0.15, 0.2) is 0 Å². The summed E-state index contributed by atoms with van der Waals surface area (Å²) in [5.74, 6) is -0.256. The van der Waals surface area contributed by atoms with E-state index in [0.29, 0.717) is 4.88 Å². The Bertz CT molecular complexity index is 1060. The van der Waals surface area contributed by atoms with Gasteiger partial charge in [-0.2, -0.15) is 5.10 Å². The average molecular weight is 483 g/mol. The number of hydrogen-bond donors (Lipinski definition) is 2. The van der Waals surface area contributed by atoms with E-state index in [1.165, 1.54) is 28.4 Å². The van der Waals surface area contributed by atoms with Crippen LogP contribution < -0.4 is 10.0 Å². The fourth-order valence-corrected chi connectivity index (χ4v) is 5.02. The third-order valence-electron chi connectivity index (χ3n) is 4.06. The molecule has 0 aliphatic heterocycles. The van der Waals surface area contributed by atoms with Crippen molar-refractivity contribution in [3.63, 3.8) is 0 Å². The van der Waals surface area contributed by atoms with Crippen LogP contribution in [0.1, 0.15) is 26.2 Å². The zero-order valence-corrected chi connectivity index (χ0v) is 18.4. The number of sulfonamides is 1. The molecular weight excluding hydrogens is 464 g/mol. The van der Waals surface area contributed by atoms with Gasteiger partial charge in [-0.05, 0) is 34.5 Å². The van der Waals surface area contributed by atoms with Gasteiger partial charge in [0, 0.05) is 29.1 Å². The number of thiophene rings is 1. The van der Waals surface area contributed by atoms with Gasteiger partial charge in [-0.3, -0.25) is 9.48 Å². The highest BCUT2D eigenvalue weighted by atomic mass is 79.9. The highest BCUT2D eigenvalue weighted by Gasteiger charge is 2.22. The molecule has 7 nitrogen and oxygen atoms in total. The highest BCUT2D eigenvalue weighted by Crippen LogP contribution is 2.27. The minimum atomic E-state index is -3.74. The van der Waals surface area contributed by atoms with Gasteiger partial charge < -0.3 is 5.32 Å². The van der Waals surface area contributed by atoms with Crippen molar-refractivity contribution in [1.29, 1.82) is 0 Å². The van der Waals surface area contributed by atoms with Crippen molar-refractivity contribution >= 4 is 43.2 Å². The molecule has 0 aliphatic rings. The number of benzene rings is 1. The molecule has 3 aromatic rings. The zero-order valence-electron chi connectivity index (χ0n) is 15.2. The number of nitrogens with zero attached hydrogens (tertiary/aromatic N) is 2. The van der Waals surface area contributed by atoms with Gasteiger partial charge in [0.1, 0.15) is 4.90 Å². The standard InChI is InChI=1S/C18H19BrN4O3S2/c1-12-15(19)8-17(27-12)18(24)22-16(13-6-4-3-5-7-13)10-21-28(25,26)14-9-20-23(2)11-14/h3-9,11,16,21H,10H2,1-2H3,(H,22,24). The van der Waals surface area contributed by atoms with Crippen molar-refractivity contribution in [2.45, 2.75) is 17.9 Å². The number of aryl methyl sites for hydroxylation is 2. The Balaban J connectivity index is 1.79. The highest BCUT2D eigenvalue weighted by molar-refractivity contribution is 9.10. The van der Waals surface area contributed by atoms with Crippen LogP contribution in [0.3, 0.4) is 0 Å². The second-order valence-corrected chi connectivity index (χ2v) is 10.0. The molecule has 1 atom stereocenters. The van der Waals surface area contributed by atoms with Crippen LogP contribution >= 0.6 is 27.3 Å². The van der Waals surface area contributed by atoms with E-state index in [9.17, 15) is 13.2 Å². The van der Waals surface area contributed by atoms with Gasteiger partial charge in [0.25, 0.3) is 5.91 Å². The number of hydrogen-bond acceptors (Lipinski definition) is 5. The normalized spacial score (nSPS) is 12.7. The molecule has 148 valence electrons. The lowest BCUT2D eigenvalue weighted by molar-refractivity contribution is 0.0941. The van der Waals surface area contributed by atoms with Crippen molar-refractivity contribution in [3.05, 3.63) is 68.6 Å². The van der Waals surface area contributed by atoms with E-state index < -0.39 is 16.1 Å². The number of halogens is 1. The number of rotatable bonds is 7. The van der Waals surface area contributed by atoms with Crippen LogP contribution in [0.2, 0.25) is 0 Å². The molecule has 0 saturated heterocycles. The number of carbonyl (C=O) groups excluding carboxylic acids is 1. The van der Waals surface area contributed by atoms with E-state index in [1.54, 1.807) is 13.1 Å². The zero-order chi connectivity index (χ0) is 20.3. The molecule has 0 saturated carbocycles. The largest absolute Gasteiger partial charge is 0.343 e. The Labute approximate surface area is 176 Å². The number of aromatic nitrogens is 2. The van der Waals surface area contributed by atoms with Crippen molar-refractivity contribution in [3.8, 4) is 0 Å². The lowest BCUT2D eigenvalue weighted by Crippen LogP contribution is -2.37. The second-order valence-electron chi connectivity index (χ2n) is 6.15. The lowest BCUT2D eigenvalue weighted by Gasteiger charge is -2.19. The minimum absolute atomic E-state index is 0.0124. The van der Waals surface area contributed by atoms with Gasteiger partial charge in [-0.15, -0.1) is 11.3 Å². The number of amides is 1. The van der Waals surface area contributed by atoms with E-state index in [0.717, 1.165) is 14.9 Å².